The molecule has 0 bridgehead atoms. The van der Waals surface area contributed by atoms with Crippen LogP contribution in [-0.4, -0.2) is 48.8 Å². The van der Waals surface area contributed by atoms with E-state index in [1.54, 1.807) is 32.3 Å². The molecule has 1 aliphatic heterocycles. The molecule has 34 heavy (non-hydrogen) atoms. The fraction of sp³-hybridized carbons (Fsp3) is 0.360. The van der Waals surface area contributed by atoms with Crippen LogP contribution < -0.4 is 5.73 Å². The number of aliphatic hydroxyl groups is 2. The number of nitrogen functional groups attached to an aromatic ring is 1. The Hall–Kier alpha value is -3.27. The van der Waals surface area contributed by atoms with E-state index in [0.29, 0.717) is 17.5 Å². The first-order chi connectivity index (χ1) is 16.2. The number of carbonyl (C=O) groups excluding carboxylic acids is 1. The summed E-state index contributed by atoms with van der Waals surface area (Å²) in [5, 5.41) is 21.3. The highest BCUT2D eigenvalue weighted by Gasteiger charge is 2.47. The van der Waals surface area contributed by atoms with E-state index >= 15 is 0 Å². The summed E-state index contributed by atoms with van der Waals surface area (Å²) in [6.45, 7) is 3.51. The highest BCUT2D eigenvalue weighted by atomic mass is 19.1. The van der Waals surface area contributed by atoms with Gasteiger partial charge >= 0.3 is 0 Å². The summed E-state index contributed by atoms with van der Waals surface area (Å²) >= 11 is 0. The maximum absolute atomic E-state index is 14.2. The Morgan fingerprint density at radius 2 is 2.09 bits per heavy atom. The van der Waals surface area contributed by atoms with Gasteiger partial charge in [-0.05, 0) is 54.8 Å². The topological polar surface area (TPSA) is 131 Å². The molecular weight excluding hydrogens is 439 g/mol. The molecule has 0 saturated carbocycles. The standard InChI is InChI=1S/C25H27FN4O4/c1-3-25(33)14(2)34-21(12-22(25)32)16-8-10-28-13-15(16)11-20(31)24-18(27)6-7-19(30-24)23-17(26)5-4-9-29-23/h4-10,13-14,21-22,32-33H,3,11-12,27H2,1-2H3/t14-,21-,22-,25-/m1/s1. The maximum atomic E-state index is 14.2. The lowest BCUT2D eigenvalue weighted by molar-refractivity contribution is -0.224. The average Bonchev–Trinajstić information content (AvgIpc) is 2.83. The second-order valence-electron chi connectivity index (χ2n) is 8.51. The van der Waals surface area contributed by atoms with E-state index in [1.165, 1.54) is 30.5 Å². The number of hydrogen-bond donors (Lipinski definition) is 3. The van der Waals surface area contributed by atoms with Gasteiger partial charge in [-0.15, -0.1) is 0 Å². The van der Waals surface area contributed by atoms with Crippen molar-refractivity contribution in [3.05, 3.63) is 71.6 Å². The number of hydrogen-bond acceptors (Lipinski definition) is 8. The zero-order valence-corrected chi connectivity index (χ0v) is 19.0. The number of nitrogens with two attached hydrogens (primary N) is 1. The largest absolute Gasteiger partial charge is 0.397 e. The first-order valence-corrected chi connectivity index (χ1v) is 11.1. The van der Waals surface area contributed by atoms with Gasteiger partial charge in [-0.25, -0.2) is 9.37 Å². The number of ether oxygens (including phenoxy) is 1. The van der Waals surface area contributed by atoms with Crippen molar-refractivity contribution >= 4 is 11.5 Å². The third-order valence-corrected chi connectivity index (χ3v) is 6.48. The quantitative estimate of drug-likeness (QED) is 0.473. The van der Waals surface area contributed by atoms with Crippen LogP contribution in [0.5, 0.6) is 0 Å². The highest BCUT2D eigenvalue weighted by molar-refractivity contribution is 6.00. The van der Waals surface area contributed by atoms with Gasteiger partial charge in [0, 0.05) is 31.4 Å². The third-order valence-electron chi connectivity index (χ3n) is 6.48. The minimum atomic E-state index is -1.33. The second-order valence-corrected chi connectivity index (χ2v) is 8.51. The van der Waals surface area contributed by atoms with E-state index < -0.39 is 29.7 Å². The van der Waals surface area contributed by atoms with Crippen LogP contribution in [0, 0.1) is 5.82 Å². The molecule has 0 aliphatic carbocycles. The lowest BCUT2D eigenvalue weighted by Gasteiger charge is -2.45. The number of nitrogens with zero attached hydrogens (tertiary/aromatic N) is 3. The molecule has 0 amide bonds. The average molecular weight is 467 g/mol. The van der Waals surface area contributed by atoms with Gasteiger partial charge < -0.3 is 20.7 Å². The van der Waals surface area contributed by atoms with Crippen molar-refractivity contribution in [2.24, 2.45) is 0 Å². The molecular formula is C25H27FN4O4. The predicted molar refractivity (Wildman–Crippen MR) is 123 cm³/mol. The number of halogens is 1. The minimum absolute atomic E-state index is 0.00989. The van der Waals surface area contributed by atoms with Crippen LogP contribution in [0.15, 0.2) is 48.9 Å². The van der Waals surface area contributed by atoms with Crippen molar-refractivity contribution in [1.29, 1.82) is 0 Å². The molecule has 8 nitrogen and oxygen atoms in total. The molecule has 1 saturated heterocycles. The predicted octanol–water partition coefficient (Wildman–Crippen LogP) is 3.04. The van der Waals surface area contributed by atoms with Gasteiger partial charge in [0.25, 0.3) is 0 Å². The second kappa shape index (κ2) is 9.54. The fourth-order valence-corrected chi connectivity index (χ4v) is 4.38. The number of Topliss-reactive ketones (excluding diaryl/α,β-unsaturated/α-hetero) is 1. The van der Waals surface area contributed by atoms with Crippen molar-refractivity contribution < 1.29 is 24.1 Å². The fourth-order valence-electron chi connectivity index (χ4n) is 4.38. The Morgan fingerprint density at radius 3 is 2.79 bits per heavy atom. The summed E-state index contributed by atoms with van der Waals surface area (Å²) in [6, 6.07) is 7.49. The molecule has 1 aliphatic rings. The Labute approximate surface area is 196 Å². The van der Waals surface area contributed by atoms with E-state index in [2.05, 4.69) is 15.0 Å². The van der Waals surface area contributed by atoms with Crippen LogP contribution in [0.25, 0.3) is 11.4 Å². The maximum Gasteiger partial charge on any atom is 0.187 e. The summed E-state index contributed by atoms with van der Waals surface area (Å²) in [4.78, 5) is 25.6. The van der Waals surface area contributed by atoms with Crippen molar-refractivity contribution in [2.45, 2.75) is 57.0 Å². The lowest BCUT2D eigenvalue weighted by Crippen LogP contribution is -2.56. The summed E-state index contributed by atoms with van der Waals surface area (Å²) in [5.74, 6) is -0.929. The van der Waals surface area contributed by atoms with Gasteiger partial charge in [0.2, 0.25) is 0 Å². The third kappa shape index (κ3) is 4.42. The van der Waals surface area contributed by atoms with Gasteiger partial charge in [-0.1, -0.05) is 6.92 Å². The van der Waals surface area contributed by atoms with E-state index in [1.807, 2.05) is 0 Å². The van der Waals surface area contributed by atoms with Crippen molar-refractivity contribution in [1.82, 2.24) is 15.0 Å². The molecule has 0 unspecified atom stereocenters. The molecule has 3 aromatic rings. The van der Waals surface area contributed by atoms with E-state index in [-0.39, 0.29) is 41.4 Å². The number of carbonyl (C=O) groups is 1. The number of aromatic nitrogens is 3. The molecule has 3 aromatic heterocycles. The lowest BCUT2D eigenvalue weighted by atomic mass is 9.81. The number of anilines is 1. The summed E-state index contributed by atoms with van der Waals surface area (Å²) in [6.07, 6.45) is 2.93. The van der Waals surface area contributed by atoms with Crippen LogP contribution in [0.1, 0.15) is 54.4 Å². The van der Waals surface area contributed by atoms with Gasteiger partial charge in [0.15, 0.2) is 11.6 Å². The molecule has 0 spiro atoms. The Bertz CT molecular complexity index is 1190. The first-order valence-electron chi connectivity index (χ1n) is 11.1. The number of aliphatic hydroxyl groups excluding tert-OH is 1. The van der Waals surface area contributed by atoms with Crippen LogP contribution in [-0.2, 0) is 11.2 Å². The Balaban J connectivity index is 1.61. The Kier molecular flexibility index (Phi) is 6.70. The van der Waals surface area contributed by atoms with E-state index in [9.17, 15) is 19.4 Å². The van der Waals surface area contributed by atoms with Crippen LogP contribution in [0.2, 0.25) is 0 Å². The Morgan fingerprint density at radius 1 is 1.29 bits per heavy atom. The monoisotopic (exact) mass is 466 g/mol. The van der Waals surface area contributed by atoms with Crippen LogP contribution >= 0.6 is 0 Å². The number of pyridine rings is 3. The van der Waals surface area contributed by atoms with Crippen molar-refractivity contribution in [3.63, 3.8) is 0 Å². The number of rotatable bonds is 6. The van der Waals surface area contributed by atoms with Crippen LogP contribution in [0.3, 0.4) is 0 Å². The first kappa shape index (κ1) is 23.9. The summed E-state index contributed by atoms with van der Waals surface area (Å²) < 4.78 is 20.2. The smallest absolute Gasteiger partial charge is 0.187 e. The minimum Gasteiger partial charge on any atom is -0.397 e. The van der Waals surface area contributed by atoms with Crippen molar-refractivity contribution in [2.75, 3.05) is 5.73 Å². The van der Waals surface area contributed by atoms with E-state index in [0.717, 1.165) is 0 Å². The zero-order chi connectivity index (χ0) is 24.5. The number of ketones is 1. The molecule has 4 rings (SSSR count). The van der Waals surface area contributed by atoms with Gasteiger partial charge in [0.05, 0.1) is 29.7 Å². The van der Waals surface area contributed by atoms with E-state index in [4.69, 9.17) is 10.5 Å². The molecule has 4 atom stereocenters. The molecule has 4 N–H and O–H groups in total. The molecule has 4 heterocycles. The summed E-state index contributed by atoms with van der Waals surface area (Å²) in [5.41, 5.74) is 6.38. The molecule has 0 radical (unpaired) electrons. The SMILES string of the molecule is CC[C@]1(O)[C@H](O)C[C@H](c2ccncc2CC(=O)c2nc(-c3ncccc3F)ccc2N)O[C@@H]1C. The normalized spacial score (nSPS) is 24.7. The molecule has 178 valence electrons. The van der Waals surface area contributed by atoms with Crippen molar-refractivity contribution in [3.8, 4) is 11.4 Å². The van der Waals surface area contributed by atoms with Gasteiger partial charge in [-0.3, -0.25) is 14.8 Å². The zero-order valence-electron chi connectivity index (χ0n) is 19.0. The molecule has 1 fully saturated rings. The van der Waals surface area contributed by atoms with Gasteiger partial charge in [-0.2, -0.15) is 0 Å². The summed E-state index contributed by atoms with van der Waals surface area (Å²) in [7, 11) is 0. The van der Waals surface area contributed by atoms with Gasteiger partial charge in [0.1, 0.15) is 17.0 Å². The molecule has 0 aromatic carbocycles. The highest BCUT2D eigenvalue weighted by Crippen LogP contribution is 2.39. The van der Waals surface area contributed by atoms with Crippen LogP contribution in [0.4, 0.5) is 10.1 Å². The molecule has 9 heteroatoms.